The number of carbonyl (C=O) groups excluding carboxylic acids is 1. The first-order valence-corrected chi connectivity index (χ1v) is 8.67. The summed E-state index contributed by atoms with van der Waals surface area (Å²) in [5, 5.41) is 18.2. The molecule has 0 aliphatic heterocycles. The summed E-state index contributed by atoms with van der Waals surface area (Å²) in [6.07, 6.45) is 13.1. The zero-order chi connectivity index (χ0) is 16.6. The number of hydrogen-bond acceptors (Lipinski definition) is 3. The van der Waals surface area contributed by atoms with Crippen molar-refractivity contribution in [3.05, 3.63) is 12.2 Å². The van der Waals surface area contributed by atoms with E-state index in [9.17, 15) is 14.7 Å². The van der Waals surface area contributed by atoms with E-state index in [0.29, 0.717) is 6.42 Å². The molecule has 0 bridgehead atoms. The van der Waals surface area contributed by atoms with Crippen LogP contribution < -0.4 is 0 Å². The van der Waals surface area contributed by atoms with Crippen molar-refractivity contribution in [2.24, 2.45) is 0 Å². The van der Waals surface area contributed by atoms with Crippen LogP contribution in [0.5, 0.6) is 0 Å². The van der Waals surface area contributed by atoms with Gasteiger partial charge in [0.1, 0.15) is 0 Å². The average Bonchev–Trinajstić information content (AvgIpc) is 2.47. The van der Waals surface area contributed by atoms with Gasteiger partial charge in [0.15, 0.2) is 5.78 Å². The van der Waals surface area contributed by atoms with Gasteiger partial charge in [0.25, 0.3) is 0 Å². The van der Waals surface area contributed by atoms with Crippen LogP contribution in [-0.4, -0.2) is 28.1 Å². The minimum atomic E-state index is -0.728. The van der Waals surface area contributed by atoms with E-state index in [1.54, 1.807) is 6.08 Å². The second-order valence-corrected chi connectivity index (χ2v) is 5.90. The number of carboxylic acids is 1. The lowest BCUT2D eigenvalue weighted by atomic mass is 10.1. The van der Waals surface area contributed by atoms with E-state index in [-0.39, 0.29) is 12.2 Å². The van der Waals surface area contributed by atoms with E-state index in [2.05, 4.69) is 6.92 Å². The van der Waals surface area contributed by atoms with Crippen molar-refractivity contribution < 1.29 is 19.8 Å². The average molecular weight is 312 g/mol. The Morgan fingerprint density at radius 2 is 1.50 bits per heavy atom. The topological polar surface area (TPSA) is 74.6 Å². The van der Waals surface area contributed by atoms with Crippen molar-refractivity contribution >= 4 is 11.8 Å². The van der Waals surface area contributed by atoms with E-state index in [1.807, 2.05) is 0 Å². The molecule has 0 heterocycles. The summed E-state index contributed by atoms with van der Waals surface area (Å²) < 4.78 is 0. The fourth-order valence-corrected chi connectivity index (χ4v) is 2.28. The molecule has 4 nitrogen and oxygen atoms in total. The van der Waals surface area contributed by atoms with Gasteiger partial charge in [-0.1, -0.05) is 57.9 Å². The molecule has 0 aliphatic carbocycles. The summed E-state index contributed by atoms with van der Waals surface area (Å²) in [5.74, 6) is -0.644. The molecule has 0 saturated heterocycles. The molecule has 0 aromatic carbocycles. The highest BCUT2D eigenvalue weighted by atomic mass is 16.4. The van der Waals surface area contributed by atoms with Crippen LogP contribution in [0.4, 0.5) is 0 Å². The Hall–Kier alpha value is -1.16. The fourth-order valence-electron chi connectivity index (χ4n) is 2.28. The van der Waals surface area contributed by atoms with Gasteiger partial charge in [0.05, 0.1) is 6.10 Å². The number of allylic oxidation sites excluding steroid dienone is 1. The Morgan fingerprint density at radius 3 is 2.09 bits per heavy atom. The first-order valence-electron chi connectivity index (χ1n) is 8.67. The van der Waals surface area contributed by atoms with E-state index >= 15 is 0 Å². The Kier molecular flexibility index (Phi) is 14.0. The standard InChI is InChI=1S/C18H32O4/c1-2-3-8-11-16(19)14-15-17(20)12-9-6-4-5-7-10-13-18(21)22/h14-16,19H,2-13H2,1H3,(H,21,22)/b15-14+. The number of aliphatic carboxylic acids is 1. The molecule has 0 aromatic heterocycles. The molecule has 2 N–H and O–H groups in total. The van der Waals surface area contributed by atoms with E-state index < -0.39 is 12.1 Å². The summed E-state index contributed by atoms with van der Waals surface area (Å²) in [5.41, 5.74) is 0. The zero-order valence-electron chi connectivity index (χ0n) is 13.9. The monoisotopic (exact) mass is 312 g/mol. The van der Waals surface area contributed by atoms with E-state index in [0.717, 1.165) is 64.2 Å². The molecule has 0 radical (unpaired) electrons. The molecule has 0 aliphatic rings. The lowest BCUT2D eigenvalue weighted by molar-refractivity contribution is -0.137. The van der Waals surface area contributed by atoms with Gasteiger partial charge >= 0.3 is 5.97 Å². The molecule has 1 unspecified atom stereocenters. The van der Waals surface area contributed by atoms with Crippen molar-refractivity contribution in [3.8, 4) is 0 Å². The molecule has 4 heteroatoms. The third kappa shape index (κ3) is 15.2. The summed E-state index contributed by atoms with van der Waals surface area (Å²) in [6, 6.07) is 0. The van der Waals surface area contributed by atoms with Gasteiger partial charge in [-0.3, -0.25) is 9.59 Å². The van der Waals surface area contributed by atoms with Crippen molar-refractivity contribution in [2.45, 2.75) is 90.1 Å². The van der Waals surface area contributed by atoms with Gasteiger partial charge in [-0.25, -0.2) is 0 Å². The summed E-state index contributed by atoms with van der Waals surface area (Å²) in [6.45, 7) is 2.12. The van der Waals surface area contributed by atoms with Crippen molar-refractivity contribution in [2.75, 3.05) is 0 Å². The first kappa shape index (κ1) is 20.8. The Balaban J connectivity index is 3.47. The van der Waals surface area contributed by atoms with Crippen LogP contribution in [-0.2, 0) is 9.59 Å². The van der Waals surface area contributed by atoms with Gasteiger partial charge in [-0.2, -0.15) is 0 Å². The number of carboxylic acid groups (broad SMARTS) is 1. The highest BCUT2D eigenvalue weighted by Gasteiger charge is 2.02. The molecule has 128 valence electrons. The van der Waals surface area contributed by atoms with Crippen LogP contribution in [0, 0.1) is 0 Å². The lowest BCUT2D eigenvalue weighted by Crippen LogP contribution is -2.03. The van der Waals surface area contributed by atoms with Gasteiger partial charge < -0.3 is 10.2 Å². The summed E-state index contributed by atoms with van der Waals surface area (Å²) >= 11 is 0. The molecule has 0 amide bonds. The molecular formula is C18H32O4. The number of unbranched alkanes of at least 4 members (excludes halogenated alkanes) is 7. The lowest BCUT2D eigenvalue weighted by Gasteiger charge is -2.04. The molecule has 0 spiro atoms. The SMILES string of the molecule is CCCCCC(O)/C=C/C(=O)CCCCCCCCC(=O)O. The van der Waals surface area contributed by atoms with Gasteiger partial charge in [-0.15, -0.1) is 0 Å². The predicted octanol–water partition coefficient (Wildman–Crippen LogP) is 4.26. The third-order valence-corrected chi connectivity index (χ3v) is 3.67. The smallest absolute Gasteiger partial charge is 0.303 e. The van der Waals surface area contributed by atoms with Crippen LogP contribution in [0.15, 0.2) is 12.2 Å². The number of rotatable bonds is 15. The summed E-state index contributed by atoms with van der Waals surface area (Å²) in [4.78, 5) is 22.0. The molecule has 0 rings (SSSR count). The normalized spacial score (nSPS) is 12.6. The summed E-state index contributed by atoms with van der Waals surface area (Å²) in [7, 11) is 0. The molecule has 0 saturated carbocycles. The van der Waals surface area contributed by atoms with E-state index in [1.165, 1.54) is 6.08 Å². The predicted molar refractivity (Wildman–Crippen MR) is 88.9 cm³/mol. The van der Waals surface area contributed by atoms with Crippen molar-refractivity contribution in [1.29, 1.82) is 0 Å². The second-order valence-electron chi connectivity index (χ2n) is 5.90. The highest BCUT2D eigenvalue weighted by Crippen LogP contribution is 2.09. The van der Waals surface area contributed by atoms with Crippen molar-refractivity contribution in [3.63, 3.8) is 0 Å². The Bertz CT molecular complexity index is 323. The van der Waals surface area contributed by atoms with Crippen LogP contribution in [0.2, 0.25) is 0 Å². The maximum absolute atomic E-state index is 11.6. The van der Waals surface area contributed by atoms with Crippen LogP contribution in [0.1, 0.15) is 84.0 Å². The maximum atomic E-state index is 11.6. The Morgan fingerprint density at radius 1 is 0.909 bits per heavy atom. The minimum absolute atomic E-state index is 0.0837. The quantitative estimate of drug-likeness (QED) is 0.350. The first-order chi connectivity index (χ1) is 10.6. The maximum Gasteiger partial charge on any atom is 0.303 e. The van der Waals surface area contributed by atoms with Crippen LogP contribution in [0.3, 0.4) is 0 Å². The number of ketones is 1. The number of hydrogen-bond donors (Lipinski definition) is 2. The highest BCUT2D eigenvalue weighted by molar-refractivity contribution is 5.89. The largest absolute Gasteiger partial charge is 0.481 e. The number of carbonyl (C=O) groups is 2. The molecule has 22 heavy (non-hydrogen) atoms. The van der Waals surface area contributed by atoms with Gasteiger partial charge in [0.2, 0.25) is 0 Å². The number of aliphatic hydroxyl groups is 1. The molecule has 1 atom stereocenters. The van der Waals surface area contributed by atoms with Gasteiger partial charge in [0, 0.05) is 12.8 Å². The van der Waals surface area contributed by atoms with Crippen LogP contribution >= 0.6 is 0 Å². The molecule has 0 aromatic rings. The Labute approximate surface area is 134 Å². The number of aliphatic hydroxyl groups excluding tert-OH is 1. The third-order valence-electron chi connectivity index (χ3n) is 3.67. The van der Waals surface area contributed by atoms with Gasteiger partial charge in [-0.05, 0) is 25.3 Å². The van der Waals surface area contributed by atoms with Crippen LogP contribution in [0.25, 0.3) is 0 Å². The molecule has 0 fully saturated rings. The second kappa shape index (κ2) is 14.8. The fraction of sp³-hybridized carbons (Fsp3) is 0.778. The molecular weight excluding hydrogens is 280 g/mol. The minimum Gasteiger partial charge on any atom is -0.481 e. The van der Waals surface area contributed by atoms with Crippen molar-refractivity contribution in [1.82, 2.24) is 0 Å². The zero-order valence-corrected chi connectivity index (χ0v) is 13.9. The van der Waals surface area contributed by atoms with E-state index in [4.69, 9.17) is 5.11 Å².